The molecule has 0 unspecified atom stereocenters. The second-order valence-electron chi connectivity index (χ2n) is 9.10. The van der Waals surface area contributed by atoms with Crippen molar-refractivity contribution in [2.75, 3.05) is 4.90 Å². The lowest BCUT2D eigenvalue weighted by molar-refractivity contribution is 1.08. The summed E-state index contributed by atoms with van der Waals surface area (Å²) in [6.45, 7) is 0. The van der Waals surface area contributed by atoms with Crippen molar-refractivity contribution in [3.8, 4) is 17.2 Å². The molecule has 3 aromatic carbocycles. The zero-order chi connectivity index (χ0) is 25.7. The van der Waals surface area contributed by atoms with Crippen LogP contribution in [0, 0.1) is 11.3 Å². The van der Waals surface area contributed by atoms with E-state index in [0.717, 1.165) is 56.5 Å². The van der Waals surface area contributed by atoms with Gasteiger partial charge in [-0.1, -0.05) is 42.5 Å². The average molecular weight is 489 g/mol. The number of rotatable bonds is 5. The quantitative estimate of drug-likeness (QED) is 0.250. The molecule has 38 heavy (non-hydrogen) atoms. The fraction of sp³-hybridized carbons (Fsp3) is 0.0294. The molecule has 0 N–H and O–H groups in total. The molecular formula is C34H24N4. The van der Waals surface area contributed by atoms with Gasteiger partial charge in [-0.15, -0.1) is 0 Å². The van der Waals surface area contributed by atoms with Crippen LogP contribution >= 0.6 is 0 Å². The molecule has 1 aliphatic rings. The van der Waals surface area contributed by atoms with Crippen molar-refractivity contribution in [1.29, 1.82) is 5.26 Å². The lowest BCUT2D eigenvalue weighted by Gasteiger charge is -2.28. The zero-order valence-electron chi connectivity index (χ0n) is 20.7. The highest BCUT2D eigenvalue weighted by molar-refractivity contribution is 5.89. The Balaban J connectivity index is 1.44. The Kier molecular flexibility index (Phi) is 6.32. The van der Waals surface area contributed by atoms with Crippen LogP contribution in [0.3, 0.4) is 0 Å². The standard InChI is InChI=1S/C34H24N4/c35-24-25-4-5-31-23-34(13-9-30(31)22-25)38(33-11-7-27(8-12-33)29-16-20-37-21-17-29)32-3-1-2-26(6-10-32)28-14-18-36-19-15-28/h1-2,4-23H,3H2. The van der Waals surface area contributed by atoms with Crippen molar-refractivity contribution in [3.63, 3.8) is 0 Å². The molecule has 4 heteroatoms. The highest BCUT2D eigenvalue weighted by Crippen LogP contribution is 2.36. The van der Waals surface area contributed by atoms with Crippen LogP contribution in [0.5, 0.6) is 0 Å². The number of anilines is 2. The summed E-state index contributed by atoms with van der Waals surface area (Å²) in [6, 6.07) is 31.2. The first-order chi connectivity index (χ1) is 18.8. The van der Waals surface area contributed by atoms with E-state index in [-0.39, 0.29) is 0 Å². The topological polar surface area (TPSA) is 52.8 Å². The van der Waals surface area contributed by atoms with Gasteiger partial charge in [0.1, 0.15) is 0 Å². The summed E-state index contributed by atoms with van der Waals surface area (Å²) in [4.78, 5) is 10.6. The van der Waals surface area contributed by atoms with E-state index in [2.05, 4.69) is 87.7 Å². The molecule has 0 saturated carbocycles. The molecular weight excluding hydrogens is 464 g/mol. The van der Waals surface area contributed by atoms with Gasteiger partial charge in [0.15, 0.2) is 0 Å². The van der Waals surface area contributed by atoms with E-state index in [1.807, 2.05) is 67.3 Å². The highest BCUT2D eigenvalue weighted by Gasteiger charge is 2.16. The smallest absolute Gasteiger partial charge is 0.0991 e. The first-order valence-electron chi connectivity index (χ1n) is 12.5. The summed E-state index contributed by atoms with van der Waals surface area (Å²) < 4.78 is 0. The number of fused-ring (bicyclic) bond motifs is 1. The molecule has 0 radical (unpaired) electrons. The maximum absolute atomic E-state index is 9.31. The predicted octanol–water partition coefficient (Wildman–Crippen LogP) is 8.23. The minimum absolute atomic E-state index is 0.666. The minimum atomic E-state index is 0.666. The van der Waals surface area contributed by atoms with Crippen molar-refractivity contribution < 1.29 is 0 Å². The first kappa shape index (κ1) is 23.1. The summed E-state index contributed by atoms with van der Waals surface area (Å²) in [5.41, 5.74) is 8.55. The third kappa shape index (κ3) is 4.74. The Bertz CT molecular complexity index is 1730. The number of benzene rings is 3. The SMILES string of the molecule is N#Cc1ccc2cc(N(C3=CC=C(c4ccncc4)C=CC3)c3ccc(-c4ccncc4)cc3)ccc2c1. The molecule has 180 valence electrons. The zero-order valence-corrected chi connectivity index (χ0v) is 20.7. The lowest BCUT2D eigenvalue weighted by Crippen LogP contribution is -2.16. The molecule has 0 atom stereocenters. The van der Waals surface area contributed by atoms with Crippen LogP contribution in [0.2, 0.25) is 0 Å². The number of aromatic nitrogens is 2. The van der Waals surface area contributed by atoms with E-state index in [9.17, 15) is 5.26 Å². The summed E-state index contributed by atoms with van der Waals surface area (Å²) in [7, 11) is 0. The van der Waals surface area contributed by atoms with E-state index in [4.69, 9.17) is 0 Å². The van der Waals surface area contributed by atoms with Crippen LogP contribution in [0.25, 0.3) is 27.5 Å². The molecule has 6 rings (SSSR count). The number of hydrogen-bond donors (Lipinski definition) is 0. The summed E-state index contributed by atoms with van der Waals surface area (Å²) in [5, 5.41) is 11.5. The largest absolute Gasteiger partial charge is 0.314 e. The van der Waals surface area contributed by atoms with Crippen LogP contribution in [0.15, 0.2) is 140 Å². The van der Waals surface area contributed by atoms with Crippen molar-refractivity contribution in [2.45, 2.75) is 6.42 Å². The van der Waals surface area contributed by atoms with Gasteiger partial charge in [0, 0.05) is 48.3 Å². The third-order valence-corrected chi connectivity index (χ3v) is 6.73. The number of pyridine rings is 2. The van der Waals surface area contributed by atoms with Crippen LogP contribution in [0.4, 0.5) is 11.4 Å². The lowest BCUT2D eigenvalue weighted by atomic mass is 10.0. The molecule has 5 aromatic rings. The second-order valence-corrected chi connectivity index (χ2v) is 9.10. The Labute approximate surface area is 222 Å². The molecule has 4 nitrogen and oxygen atoms in total. The van der Waals surface area contributed by atoms with Gasteiger partial charge in [-0.05, 0) is 99.8 Å². The molecule has 2 heterocycles. The maximum atomic E-state index is 9.31. The summed E-state index contributed by atoms with van der Waals surface area (Å²) in [6.07, 6.45) is 16.8. The summed E-state index contributed by atoms with van der Waals surface area (Å²) >= 11 is 0. The van der Waals surface area contributed by atoms with E-state index in [1.54, 1.807) is 0 Å². The van der Waals surface area contributed by atoms with Gasteiger partial charge in [0.2, 0.25) is 0 Å². The van der Waals surface area contributed by atoms with Crippen LogP contribution in [-0.2, 0) is 0 Å². The van der Waals surface area contributed by atoms with E-state index in [0.29, 0.717) is 5.56 Å². The van der Waals surface area contributed by atoms with Crippen molar-refractivity contribution in [3.05, 3.63) is 151 Å². The molecule has 0 bridgehead atoms. The maximum Gasteiger partial charge on any atom is 0.0991 e. The van der Waals surface area contributed by atoms with E-state index in [1.165, 1.54) is 0 Å². The molecule has 0 fully saturated rings. The summed E-state index contributed by atoms with van der Waals surface area (Å²) in [5.74, 6) is 0. The van der Waals surface area contributed by atoms with Gasteiger partial charge < -0.3 is 4.90 Å². The van der Waals surface area contributed by atoms with Gasteiger partial charge >= 0.3 is 0 Å². The van der Waals surface area contributed by atoms with Crippen LogP contribution in [-0.4, -0.2) is 9.97 Å². The molecule has 1 aliphatic carbocycles. The fourth-order valence-electron chi connectivity index (χ4n) is 4.79. The fourth-order valence-corrected chi connectivity index (χ4v) is 4.79. The molecule has 0 amide bonds. The van der Waals surface area contributed by atoms with Crippen molar-refractivity contribution in [2.24, 2.45) is 0 Å². The van der Waals surface area contributed by atoms with Gasteiger partial charge in [-0.25, -0.2) is 0 Å². The van der Waals surface area contributed by atoms with Crippen molar-refractivity contribution >= 4 is 27.7 Å². The van der Waals surface area contributed by atoms with Gasteiger partial charge in [-0.2, -0.15) is 5.26 Å². The third-order valence-electron chi connectivity index (χ3n) is 6.73. The Hall–Kier alpha value is -5.27. The Morgan fingerprint density at radius 1 is 0.632 bits per heavy atom. The van der Waals surface area contributed by atoms with Crippen LogP contribution < -0.4 is 4.90 Å². The van der Waals surface area contributed by atoms with E-state index < -0.39 is 0 Å². The average Bonchev–Trinajstić information content (AvgIpc) is 3.24. The van der Waals surface area contributed by atoms with Gasteiger partial charge in [-0.3, -0.25) is 9.97 Å². The molecule has 0 saturated heterocycles. The number of nitrogens with zero attached hydrogens (tertiary/aromatic N) is 4. The second kappa shape index (κ2) is 10.4. The van der Waals surface area contributed by atoms with Crippen LogP contribution in [0.1, 0.15) is 17.5 Å². The highest BCUT2D eigenvalue weighted by atomic mass is 15.1. The molecule has 2 aromatic heterocycles. The first-order valence-corrected chi connectivity index (χ1v) is 12.5. The Morgan fingerprint density at radius 2 is 1.26 bits per heavy atom. The normalized spacial score (nSPS) is 12.8. The predicted molar refractivity (Wildman–Crippen MR) is 155 cm³/mol. The minimum Gasteiger partial charge on any atom is -0.314 e. The number of hydrogen-bond acceptors (Lipinski definition) is 4. The molecule has 0 spiro atoms. The molecule has 0 aliphatic heterocycles. The Morgan fingerprint density at radius 3 is 2.00 bits per heavy atom. The van der Waals surface area contributed by atoms with Crippen molar-refractivity contribution in [1.82, 2.24) is 9.97 Å². The van der Waals surface area contributed by atoms with Gasteiger partial charge in [0.05, 0.1) is 11.6 Å². The number of allylic oxidation sites excluding steroid dienone is 5. The van der Waals surface area contributed by atoms with Gasteiger partial charge in [0.25, 0.3) is 0 Å². The number of nitriles is 1. The monoisotopic (exact) mass is 488 g/mol. The van der Waals surface area contributed by atoms with E-state index >= 15 is 0 Å².